The minimum Gasteiger partial charge on any atom is -0.497 e. The first-order chi connectivity index (χ1) is 10.5. The Morgan fingerprint density at radius 1 is 1.36 bits per heavy atom. The maximum absolute atomic E-state index is 12.0. The number of aromatic nitrogens is 1. The lowest BCUT2D eigenvalue weighted by Crippen LogP contribution is -2.34. The fourth-order valence-corrected chi connectivity index (χ4v) is 2.66. The lowest BCUT2D eigenvalue weighted by molar-refractivity contribution is -0.137. The van der Waals surface area contributed by atoms with E-state index in [2.05, 4.69) is 10.3 Å². The van der Waals surface area contributed by atoms with Gasteiger partial charge in [-0.05, 0) is 31.2 Å². The Morgan fingerprint density at radius 3 is 2.64 bits per heavy atom. The molecule has 2 N–H and O–H groups in total. The van der Waals surface area contributed by atoms with Crippen LogP contribution in [0.15, 0.2) is 29.6 Å². The molecule has 2 rings (SSSR count). The number of carbonyl (C=O) groups is 2. The van der Waals surface area contributed by atoms with Crippen molar-refractivity contribution in [3.63, 3.8) is 0 Å². The highest BCUT2D eigenvalue weighted by Crippen LogP contribution is 2.25. The van der Waals surface area contributed by atoms with Gasteiger partial charge in [-0.2, -0.15) is 0 Å². The van der Waals surface area contributed by atoms with Crippen LogP contribution in [0.25, 0.3) is 10.6 Å². The molecule has 0 aliphatic carbocycles. The summed E-state index contributed by atoms with van der Waals surface area (Å²) >= 11 is 1.36. The van der Waals surface area contributed by atoms with Gasteiger partial charge in [0.2, 0.25) is 0 Å². The number of amides is 1. The molecule has 0 aliphatic rings. The number of hydrogen-bond donors (Lipinski definition) is 2. The van der Waals surface area contributed by atoms with E-state index in [1.807, 2.05) is 24.3 Å². The summed E-state index contributed by atoms with van der Waals surface area (Å²) < 4.78 is 5.09. The van der Waals surface area contributed by atoms with Gasteiger partial charge in [-0.1, -0.05) is 0 Å². The average molecular weight is 320 g/mol. The van der Waals surface area contributed by atoms with Crippen molar-refractivity contribution in [2.24, 2.45) is 0 Å². The Balaban J connectivity index is 2.06. The van der Waals surface area contributed by atoms with Gasteiger partial charge >= 0.3 is 5.97 Å². The van der Waals surface area contributed by atoms with E-state index in [0.717, 1.165) is 16.3 Å². The predicted octanol–water partition coefficient (Wildman–Crippen LogP) is 2.41. The van der Waals surface area contributed by atoms with E-state index in [-0.39, 0.29) is 18.0 Å². The van der Waals surface area contributed by atoms with Gasteiger partial charge in [0.05, 0.1) is 13.5 Å². The second-order valence-electron chi connectivity index (χ2n) is 4.74. The van der Waals surface area contributed by atoms with Crippen molar-refractivity contribution in [1.82, 2.24) is 10.3 Å². The number of thiazole rings is 1. The van der Waals surface area contributed by atoms with E-state index in [0.29, 0.717) is 0 Å². The molecule has 0 radical (unpaired) electrons. The number of aliphatic carboxylic acids is 1. The van der Waals surface area contributed by atoms with E-state index in [9.17, 15) is 9.59 Å². The first-order valence-corrected chi connectivity index (χ1v) is 7.50. The highest BCUT2D eigenvalue weighted by Gasteiger charge is 2.15. The molecule has 7 heteroatoms. The van der Waals surface area contributed by atoms with Crippen LogP contribution in [-0.4, -0.2) is 35.1 Å². The van der Waals surface area contributed by atoms with Crippen molar-refractivity contribution in [3.05, 3.63) is 35.3 Å². The fraction of sp³-hybridized carbons (Fsp3) is 0.267. The summed E-state index contributed by atoms with van der Waals surface area (Å²) in [5, 5.41) is 13.7. The second-order valence-corrected chi connectivity index (χ2v) is 5.60. The number of carboxylic acids is 1. The molecule has 1 heterocycles. The molecule has 0 aliphatic heterocycles. The molecule has 6 nitrogen and oxygen atoms in total. The van der Waals surface area contributed by atoms with Gasteiger partial charge in [-0.15, -0.1) is 11.3 Å². The maximum Gasteiger partial charge on any atom is 0.305 e. The predicted molar refractivity (Wildman–Crippen MR) is 83.3 cm³/mol. The molecule has 116 valence electrons. The molecule has 1 amide bonds. The van der Waals surface area contributed by atoms with Crippen LogP contribution in [0, 0.1) is 0 Å². The normalized spacial score (nSPS) is 11.7. The van der Waals surface area contributed by atoms with Gasteiger partial charge in [-0.3, -0.25) is 9.59 Å². The zero-order valence-electron chi connectivity index (χ0n) is 12.2. The maximum atomic E-state index is 12.0. The summed E-state index contributed by atoms with van der Waals surface area (Å²) in [6.45, 7) is 1.64. The average Bonchev–Trinajstić information content (AvgIpc) is 2.96. The molecular weight excluding hydrogens is 304 g/mol. The standard InChI is InChI=1S/C15H16N2O4S/c1-9(7-13(18)19)16-14(20)12-8-22-15(17-12)10-3-5-11(21-2)6-4-10/h3-6,8-9H,7H2,1-2H3,(H,16,20)(H,18,19). The van der Waals surface area contributed by atoms with E-state index >= 15 is 0 Å². The molecule has 1 aromatic heterocycles. The van der Waals surface area contributed by atoms with Crippen molar-refractivity contribution >= 4 is 23.2 Å². The van der Waals surface area contributed by atoms with Crippen molar-refractivity contribution in [2.75, 3.05) is 7.11 Å². The van der Waals surface area contributed by atoms with Gasteiger partial charge in [0.25, 0.3) is 5.91 Å². The van der Waals surface area contributed by atoms with Crippen LogP contribution in [0.3, 0.4) is 0 Å². The lowest BCUT2D eigenvalue weighted by Gasteiger charge is -2.09. The number of nitrogens with one attached hydrogen (secondary N) is 1. The molecule has 1 unspecified atom stereocenters. The number of carboxylic acid groups (broad SMARTS) is 1. The molecule has 0 saturated heterocycles. The van der Waals surface area contributed by atoms with Gasteiger partial charge in [0.1, 0.15) is 16.5 Å². The first kappa shape index (κ1) is 16.0. The van der Waals surface area contributed by atoms with Crippen LogP contribution in [-0.2, 0) is 4.79 Å². The molecular formula is C15H16N2O4S. The summed E-state index contributed by atoms with van der Waals surface area (Å²) in [4.78, 5) is 26.9. The lowest BCUT2D eigenvalue weighted by atomic mass is 10.2. The van der Waals surface area contributed by atoms with Gasteiger partial charge in [0, 0.05) is 17.0 Å². The van der Waals surface area contributed by atoms with E-state index in [4.69, 9.17) is 9.84 Å². The second kappa shape index (κ2) is 7.04. The monoisotopic (exact) mass is 320 g/mol. The van der Waals surface area contributed by atoms with Crippen LogP contribution < -0.4 is 10.1 Å². The number of methoxy groups -OCH3 is 1. The number of rotatable bonds is 6. The summed E-state index contributed by atoms with van der Waals surface area (Å²) in [6, 6.07) is 6.94. The summed E-state index contributed by atoms with van der Waals surface area (Å²) in [7, 11) is 1.60. The number of benzene rings is 1. The van der Waals surface area contributed by atoms with Crippen LogP contribution in [0.1, 0.15) is 23.8 Å². The van der Waals surface area contributed by atoms with E-state index in [1.54, 1.807) is 19.4 Å². The Labute approximate surface area is 131 Å². The van der Waals surface area contributed by atoms with E-state index < -0.39 is 12.0 Å². The molecule has 0 saturated carbocycles. The minimum atomic E-state index is -0.954. The van der Waals surface area contributed by atoms with Crippen LogP contribution in [0.2, 0.25) is 0 Å². The largest absolute Gasteiger partial charge is 0.497 e. The quantitative estimate of drug-likeness (QED) is 0.853. The molecule has 0 fully saturated rings. The molecule has 2 aromatic rings. The highest BCUT2D eigenvalue weighted by molar-refractivity contribution is 7.13. The topological polar surface area (TPSA) is 88.5 Å². The Kier molecular flexibility index (Phi) is 5.11. The van der Waals surface area contributed by atoms with Crippen molar-refractivity contribution in [1.29, 1.82) is 0 Å². The van der Waals surface area contributed by atoms with Crippen molar-refractivity contribution < 1.29 is 19.4 Å². The molecule has 0 spiro atoms. The summed E-state index contributed by atoms with van der Waals surface area (Å²) in [5.41, 5.74) is 1.18. The number of ether oxygens (including phenoxy) is 1. The third-order valence-electron chi connectivity index (χ3n) is 2.93. The number of nitrogens with zero attached hydrogens (tertiary/aromatic N) is 1. The first-order valence-electron chi connectivity index (χ1n) is 6.62. The van der Waals surface area contributed by atoms with Crippen LogP contribution in [0.5, 0.6) is 5.75 Å². The van der Waals surface area contributed by atoms with Gasteiger partial charge < -0.3 is 15.2 Å². The number of carbonyl (C=O) groups excluding carboxylic acids is 1. The van der Waals surface area contributed by atoms with Crippen molar-refractivity contribution in [2.45, 2.75) is 19.4 Å². The third-order valence-corrected chi connectivity index (χ3v) is 3.82. The van der Waals surface area contributed by atoms with Gasteiger partial charge in [0.15, 0.2) is 0 Å². The molecule has 1 atom stereocenters. The summed E-state index contributed by atoms with van der Waals surface area (Å²) in [5.74, 6) is -0.574. The molecule has 1 aromatic carbocycles. The minimum absolute atomic E-state index is 0.124. The fourth-order valence-electron chi connectivity index (χ4n) is 1.85. The van der Waals surface area contributed by atoms with Crippen LogP contribution >= 0.6 is 11.3 Å². The Bertz CT molecular complexity index is 666. The zero-order valence-corrected chi connectivity index (χ0v) is 13.0. The SMILES string of the molecule is COc1ccc(-c2nc(C(=O)NC(C)CC(=O)O)cs2)cc1. The summed E-state index contributed by atoms with van der Waals surface area (Å²) in [6.07, 6.45) is -0.124. The Morgan fingerprint density at radius 2 is 2.05 bits per heavy atom. The smallest absolute Gasteiger partial charge is 0.305 e. The van der Waals surface area contributed by atoms with Crippen LogP contribution in [0.4, 0.5) is 0 Å². The Hall–Kier alpha value is -2.41. The molecule has 22 heavy (non-hydrogen) atoms. The highest BCUT2D eigenvalue weighted by atomic mass is 32.1. The van der Waals surface area contributed by atoms with Crippen molar-refractivity contribution in [3.8, 4) is 16.3 Å². The number of hydrogen-bond acceptors (Lipinski definition) is 5. The van der Waals surface area contributed by atoms with Gasteiger partial charge in [-0.25, -0.2) is 4.98 Å². The molecule has 0 bridgehead atoms. The zero-order chi connectivity index (χ0) is 16.1. The van der Waals surface area contributed by atoms with E-state index in [1.165, 1.54) is 11.3 Å². The third kappa shape index (κ3) is 4.05.